The van der Waals surface area contributed by atoms with Gasteiger partial charge >= 0.3 is 0 Å². The fourth-order valence-electron chi connectivity index (χ4n) is 3.76. The van der Waals surface area contributed by atoms with Crippen molar-refractivity contribution in [2.24, 2.45) is 5.92 Å². The Balaban J connectivity index is 1.62. The van der Waals surface area contributed by atoms with E-state index in [0.29, 0.717) is 11.0 Å². The van der Waals surface area contributed by atoms with Gasteiger partial charge < -0.3 is 16.0 Å². The van der Waals surface area contributed by atoms with E-state index in [0.717, 1.165) is 52.3 Å². The fraction of sp³-hybridized carbons (Fsp3) is 0.250. The SMILES string of the molecule is Cc1ccccc1NC(=O)c1c(NC(=S)Nc2ccccc2)sc2c1CC[C@@H](C)C2. The lowest BCUT2D eigenvalue weighted by Crippen LogP contribution is -2.22. The molecule has 1 aliphatic rings. The van der Waals surface area contributed by atoms with Crippen molar-refractivity contribution in [1.29, 1.82) is 0 Å². The molecule has 2 aromatic carbocycles. The first-order valence-electron chi connectivity index (χ1n) is 10.2. The molecule has 0 saturated heterocycles. The van der Waals surface area contributed by atoms with Crippen LogP contribution in [-0.4, -0.2) is 11.0 Å². The summed E-state index contributed by atoms with van der Waals surface area (Å²) in [5.74, 6) is 0.548. The maximum absolute atomic E-state index is 13.3. The van der Waals surface area contributed by atoms with Crippen molar-refractivity contribution in [2.75, 3.05) is 16.0 Å². The molecule has 3 aromatic rings. The topological polar surface area (TPSA) is 53.2 Å². The van der Waals surface area contributed by atoms with Gasteiger partial charge in [0, 0.05) is 16.3 Å². The monoisotopic (exact) mass is 435 g/mol. The highest BCUT2D eigenvalue weighted by atomic mass is 32.1. The number of carbonyl (C=O) groups is 1. The van der Waals surface area contributed by atoms with Gasteiger partial charge in [0.2, 0.25) is 0 Å². The summed E-state index contributed by atoms with van der Waals surface area (Å²) in [6, 6.07) is 17.6. The predicted molar refractivity (Wildman–Crippen MR) is 131 cm³/mol. The van der Waals surface area contributed by atoms with Crippen LogP contribution in [0.4, 0.5) is 16.4 Å². The van der Waals surface area contributed by atoms with Crippen molar-refractivity contribution in [3.05, 3.63) is 76.2 Å². The molecule has 0 unspecified atom stereocenters. The number of para-hydroxylation sites is 2. The van der Waals surface area contributed by atoms with Crippen LogP contribution in [0.5, 0.6) is 0 Å². The Labute approximate surface area is 186 Å². The van der Waals surface area contributed by atoms with Crippen LogP contribution in [-0.2, 0) is 12.8 Å². The van der Waals surface area contributed by atoms with Crippen molar-refractivity contribution >= 4 is 51.0 Å². The van der Waals surface area contributed by atoms with Gasteiger partial charge in [-0.05, 0) is 73.6 Å². The van der Waals surface area contributed by atoms with Gasteiger partial charge in [0.15, 0.2) is 5.11 Å². The summed E-state index contributed by atoms with van der Waals surface area (Å²) >= 11 is 7.18. The minimum atomic E-state index is -0.0821. The third-order valence-corrected chi connectivity index (χ3v) is 6.76. The molecule has 30 heavy (non-hydrogen) atoms. The Morgan fingerprint density at radius 1 is 1.03 bits per heavy atom. The zero-order chi connectivity index (χ0) is 21.1. The number of aryl methyl sites for hydroxylation is 1. The van der Waals surface area contributed by atoms with Crippen molar-refractivity contribution in [3.63, 3.8) is 0 Å². The number of amides is 1. The van der Waals surface area contributed by atoms with Crippen LogP contribution < -0.4 is 16.0 Å². The summed E-state index contributed by atoms with van der Waals surface area (Å²) in [6.07, 6.45) is 3.02. The molecular formula is C24H25N3OS2. The first kappa shape index (κ1) is 20.6. The second-order valence-electron chi connectivity index (χ2n) is 7.77. The molecule has 0 bridgehead atoms. The summed E-state index contributed by atoms with van der Waals surface area (Å²) in [7, 11) is 0. The molecule has 0 spiro atoms. The summed E-state index contributed by atoms with van der Waals surface area (Å²) in [5, 5.41) is 10.9. The van der Waals surface area contributed by atoms with Crippen LogP contribution in [0, 0.1) is 12.8 Å². The van der Waals surface area contributed by atoms with Gasteiger partial charge in [-0.25, -0.2) is 0 Å². The third kappa shape index (κ3) is 4.55. The number of carbonyl (C=O) groups excluding carboxylic acids is 1. The molecule has 3 N–H and O–H groups in total. The summed E-state index contributed by atoms with van der Waals surface area (Å²) in [6.45, 7) is 4.27. The number of rotatable bonds is 4. The first-order chi connectivity index (χ1) is 14.5. The van der Waals surface area contributed by atoms with Crippen LogP contribution >= 0.6 is 23.6 Å². The maximum Gasteiger partial charge on any atom is 0.258 e. The highest BCUT2D eigenvalue weighted by molar-refractivity contribution is 7.80. The van der Waals surface area contributed by atoms with Crippen molar-refractivity contribution in [1.82, 2.24) is 0 Å². The number of nitrogens with one attached hydrogen (secondary N) is 3. The quantitative estimate of drug-likeness (QED) is 0.425. The lowest BCUT2D eigenvalue weighted by molar-refractivity contribution is 0.102. The molecule has 1 heterocycles. The van der Waals surface area contributed by atoms with E-state index in [1.165, 1.54) is 4.88 Å². The molecule has 6 heteroatoms. The minimum Gasteiger partial charge on any atom is -0.332 e. The van der Waals surface area contributed by atoms with Crippen LogP contribution in [0.15, 0.2) is 54.6 Å². The van der Waals surface area contributed by atoms with E-state index in [1.54, 1.807) is 11.3 Å². The average Bonchev–Trinajstić information content (AvgIpc) is 3.07. The van der Waals surface area contributed by atoms with Crippen molar-refractivity contribution in [3.8, 4) is 0 Å². The van der Waals surface area contributed by atoms with Gasteiger partial charge in [-0.2, -0.15) is 0 Å². The van der Waals surface area contributed by atoms with E-state index < -0.39 is 0 Å². The Morgan fingerprint density at radius 2 is 1.77 bits per heavy atom. The largest absolute Gasteiger partial charge is 0.332 e. The van der Waals surface area contributed by atoms with Crippen LogP contribution in [0.25, 0.3) is 0 Å². The summed E-state index contributed by atoms with van der Waals surface area (Å²) in [5.41, 5.74) is 4.68. The van der Waals surface area contributed by atoms with Crippen LogP contribution in [0.1, 0.15) is 39.7 Å². The third-order valence-electron chi connectivity index (χ3n) is 5.39. The fourth-order valence-corrected chi connectivity index (χ4v) is 5.46. The van der Waals surface area contributed by atoms with Gasteiger partial charge in [0.05, 0.1) is 5.56 Å². The number of fused-ring (bicyclic) bond motifs is 1. The standard InChI is InChI=1S/C24H25N3OS2/c1-15-12-13-18-20(14-15)30-23(27-24(29)25-17-9-4-3-5-10-17)21(18)22(28)26-19-11-7-6-8-16(19)2/h3-11,15H,12-14H2,1-2H3,(H,26,28)(H2,25,27,29)/t15-/m1/s1. The number of thiocarbonyl (C=S) groups is 1. The number of benzene rings is 2. The van der Waals surface area contributed by atoms with E-state index in [1.807, 2.05) is 61.5 Å². The molecular weight excluding hydrogens is 410 g/mol. The summed E-state index contributed by atoms with van der Waals surface area (Å²) < 4.78 is 0. The van der Waals surface area contributed by atoms with Gasteiger partial charge in [-0.15, -0.1) is 11.3 Å². The van der Waals surface area contributed by atoms with Crippen molar-refractivity contribution < 1.29 is 4.79 Å². The van der Waals surface area contributed by atoms with E-state index in [9.17, 15) is 4.79 Å². The van der Waals surface area contributed by atoms with Gasteiger partial charge in [-0.3, -0.25) is 4.79 Å². The zero-order valence-electron chi connectivity index (χ0n) is 17.1. The molecule has 4 nitrogen and oxygen atoms in total. The normalized spacial score (nSPS) is 15.2. The molecule has 4 rings (SSSR count). The van der Waals surface area contributed by atoms with Gasteiger partial charge in [-0.1, -0.05) is 43.3 Å². The molecule has 0 fully saturated rings. The lowest BCUT2D eigenvalue weighted by atomic mass is 9.88. The molecule has 0 radical (unpaired) electrons. The number of hydrogen-bond acceptors (Lipinski definition) is 3. The average molecular weight is 436 g/mol. The Bertz CT molecular complexity index is 1080. The van der Waals surface area contributed by atoms with Gasteiger partial charge in [0.1, 0.15) is 5.00 Å². The molecule has 0 aliphatic heterocycles. The van der Waals surface area contributed by atoms with E-state index in [-0.39, 0.29) is 5.91 Å². The molecule has 1 amide bonds. The molecule has 154 valence electrons. The summed E-state index contributed by atoms with van der Waals surface area (Å²) in [4.78, 5) is 14.6. The lowest BCUT2D eigenvalue weighted by Gasteiger charge is -2.19. The Morgan fingerprint density at radius 3 is 2.53 bits per heavy atom. The second kappa shape index (κ2) is 8.98. The molecule has 1 aromatic heterocycles. The first-order valence-corrected chi connectivity index (χ1v) is 11.4. The smallest absolute Gasteiger partial charge is 0.258 e. The van der Waals surface area contributed by atoms with E-state index >= 15 is 0 Å². The van der Waals surface area contributed by atoms with Crippen LogP contribution in [0.2, 0.25) is 0 Å². The van der Waals surface area contributed by atoms with Crippen LogP contribution in [0.3, 0.4) is 0 Å². The molecule has 1 aliphatic carbocycles. The number of hydrogen-bond donors (Lipinski definition) is 3. The van der Waals surface area contributed by atoms with E-state index in [4.69, 9.17) is 12.2 Å². The Kier molecular flexibility index (Phi) is 6.16. The zero-order valence-corrected chi connectivity index (χ0v) is 18.8. The Hall–Kier alpha value is -2.70. The number of thiophene rings is 1. The highest BCUT2D eigenvalue weighted by Crippen LogP contribution is 2.40. The van der Waals surface area contributed by atoms with Gasteiger partial charge in [0.25, 0.3) is 5.91 Å². The minimum absolute atomic E-state index is 0.0821. The van der Waals surface area contributed by atoms with E-state index in [2.05, 4.69) is 22.9 Å². The predicted octanol–water partition coefficient (Wildman–Crippen LogP) is 6.24. The van der Waals surface area contributed by atoms with Crippen molar-refractivity contribution in [2.45, 2.75) is 33.1 Å². The maximum atomic E-state index is 13.3. The highest BCUT2D eigenvalue weighted by Gasteiger charge is 2.28. The second-order valence-corrected chi connectivity index (χ2v) is 9.28. The molecule has 1 atom stereocenters. The number of anilines is 3. The molecule has 0 saturated carbocycles.